The van der Waals surface area contributed by atoms with E-state index >= 15 is 0 Å². The van der Waals surface area contributed by atoms with Gasteiger partial charge in [0, 0.05) is 33.5 Å². The molecule has 3 aliphatic rings. The fourth-order valence-electron chi connectivity index (χ4n) is 11.2. The van der Waals surface area contributed by atoms with Crippen molar-refractivity contribution in [3.05, 3.63) is 240 Å². The summed E-state index contributed by atoms with van der Waals surface area (Å²) in [5.74, 6) is 0.197. The van der Waals surface area contributed by atoms with Gasteiger partial charge in [-0.05, 0) is 86.8 Å². The van der Waals surface area contributed by atoms with Gasteiger partial charge in [0.05, 0.1) is 22.2 Å². The second kappa shape index (κ2) is 13.2. The molecule has 0 bridgehead atoms. The third-order valence-corrected chi connectivity index (χ3v) is 13.8. The molecule has 2 unspecified atom stereocenters. The molecule has 0 amide bonds. The van der Waals surface area contributed by atoms with Crippen molar-refractivity contribution in [3.63, 3.8) is 0 Å². The summed E-state index contributed by atoms with van der Waals surface area (Å²) in [5, 5.41) is 2.23. The highest BCUT2D eigenvalue weighted by molar-refractivity contribution is 6.15. The molecule has 2 atom stereocenters. The summed E-state index contributed by atoms with van der Waals surface area (Å²) in [7, 11) is 0. The highest BCUT2D eigenvalue weighted by Gasteiger charge is 2.53. The Hall–Kier alpha value is -7.16. The van der Waals surface area contributed by atoms with Gasteiger partial charge in [-0.2, -0.15) is 0 Å². The molecule has 0 radical (unpaired) electrons. The normalized spacial score (nSPS) is 18.2. The number of fused-ring (bicyclic) bond motifs is 9. The smallest absolute Gasteiger partial charge is 0.142 e. The molecule has 0 saturated heterocycles. The molecule has 1 heterocycles. The maximum Gasteiger partial charge on any atom is 0.142 e. The lowest BCUT2D eigenvalue weighted by Gasteiger charge is -2.39. The first-order valence-electron chi connectivity index (χ1n) is 21.2. The van der Waals surface area contributed by atoms with Crippen molar-refractivity contribution in [1.29, 1.82) is 0 Å². The predicted octanol–water partition coefficient (Wildman–Crippen LogP) is 15.3. The molecule has 0 aliphatic heterocycles. The van der Waals surface area contributed by atoms with Crippen molar-refractivity contribution in [2.24, 2.45) is 5.92 Å². The summed E-state index contributed by atoms with van der Waals surface area (Å²) in [5.41, 5.74) is 18.7. The fraction of sp³-hybridized carbons (Fsp3) is 0.103. The first-order chi connectivity index (χ1) is 29.5. The van der Waals surface area contributed by atoms with E-state index in [1.54, 1.807) is 0 Å². The molecule has 8 aromatic carbocycles. The lowest BCUT2D eigenvalue weighted by molar-refractivity contribution is 0.480. The second-order valence-electron chi connectivity index (χ2n) is 17.1. The van der Waals surface area contributed by atoms with E-state index in [9.17, 15) is 0 Å². The minimum atomic E-state index is -0.488. The summed E-state index contributed by atoms with van der Waals surface area (Å²) < 4.78 is 7.29. The van der Waals surface area contributed by atoms with E-state index in [1.165, 1.54) is 61.2 Å². The van der Waals surface area contributed by atoms with E-state index in [-0.39, 0.29) is 11.3 Å². The number of para-hydroxylation sites is 1. The van der Waals surface area contributed by atoms with Crippen LogP contribution in [0.4, 0.5) is 17.1 Å². The van der Waals surface area contributed by atoms with Crippen LogP contribution in [-0.4, -0.2) is 0 Å². The molecule has 2 heteroatoms. The lowest BCUT2D eigenvalue weighted by Crippen LogP contribution is -2.35. The molecule has 0 fully saturated rings. The maximum absolute atomic E-state index is 7.29. The van der Waals surface area contributed by atoms with E-state index < -0.39 is 5.41 Å². The number of anilines is 3. The third-order valence-electron chi connectivity index (χ3n) is 13.8. The van der Waals surface area contributed by atoms with Gasteiger partial charge in [0.1, 0.15) is 11.2 Å². The molecule has 3 aliphatic carbocycles. The van der Waals surface area contributed by atoms with Crippen LogP contribution in [0.2, 0.25) is 0 Å². The number of benzene rings is 8. The van der Waals surface area contributed by atoms with Gasteiger partial charge >= 0.3 is 0 Å². The Labute approximate surface area is 351 Å². The predicted molar refractivity (Wildman–Crippen MR) is 249 cm³/mol. The van der Waals surface area contributed by atoms with Crippen LogP contribution in [-0.2, 0) is 10.8 Å². The maximum atomic E-state index is 7.29. The molecule has 0 N–H and O–H groups in total. The molecule has 0 spiro atoms. The minimum Gasteiger partial charge on any atom is -0.456 e. The van der Waals surface area contributed by atoms with Gasteiger partial charge in [-0.1, -0.05) is 190 Å². The number of hydrogen-bond acceptors (Lipinski definition) is 2. The van der Waals surface area contributed by atoms with Crippen molar-refractivity contribution < 1.29 is 4.42 Å². The van der Waals surface area contributed by atoms with Gasteiger partial charge < -0.3 is 9.32 Å². The number of rotatable bonds is 6. The Balaban J connectivity index is 1.18. The number of hydrogen-bond donors (Lipinski definition) is 0. The molecular weight excluding hydrogens is 727 g/mol. The van der Waals surface area contributed by atoms with Gasteiger partial charge in [0.25, 0.3) is 0 Å². The SMILES string of the molecule is CC1(C)c2ccccc2-c2c(N(c3ccc(-c4ccccc4)cc3)c3ccc(C4(c5ccccc5)c5ccccc5C5=CC=CCC54)c4oc5ccccc5c34)cccc21. The van der Waals surface area contributed by atoms with Crippen molar-refractivity contribution in [2.45, 2.75) is 31.1 Å². The van der Waals surface area contributed by atoms with Gasteiger partial charge in [0.2, 0.25) is 0 Å². The summed E-state index contributed by atoms with van der Waals surface area (Å²) in [6.45, 7) is 4.73. The summed E-state index contributed by atoms with van der Waals surface area (Å²) >= 11 is 0. The van der Waals surface area contributed by atoms with Crippen LogP contribution >= 0.6 is 0 Å². The van der Waals surface area contributed by atoms with Gasteiger partial charge in [-0.15, -0.1) is 0 Å². The molecule has 286 valence electrons. The molecule has 60 heavy (non-hydrogen) atoms. The average Bonchev–Trinajstić information content (AvgIpc) is 3.92. The second-order valence-corrected chi connectivity index (χ2v) is 17.1. The van der Waals surface area contributed by atoms with Crippen molar-refractivity contribution in [3.8, 4) is 22.3 Å². The van der Waals surface area contributed by atoms with Crippen LogP contribution in [0.25, 0.3) is 49.8 Å². The van der Waals surface area contributed by atoms with E-state index in [0.29, 0.717) is 0 Å². The first kappa shape index (κ1) is 34.8. The monoisotopic (exact) mass is 769 g/mol. The Morgan fingerprint density at radius 1 is 0.533 bits per heavy atom. The van der Waals surface area contributed by atoms with E-state index in [1.807, 2.05) is 0 Å². The van der Waals surface area contributed by atoms with E-state index in [0.717, 1.165) is 45.4 Å². The van der Waals surface area contributed by atoms with Crippen LogP contribution in [0.15, 0.2) is 211 Å². The largest absolute Gasteiger partial charge is 0.456 e. The van der Waals surface area contributed by atoms with Crippen LogP contribution < -0.4 is 4.90 Å². The summed E-state index contributed by atoms with van der Waals surface area (Å²) in [6.07, 6.45) is 7.86. The standard InChI is InChI=1S/C58H43NO/c1-57(2)46-26-13-11-24-44(46)54-49(57)29-17-30-51(54)59(41-34-32-39(33-35-41)38-18-5-3-6-19-38)52-37-36-50(56-55(52)45-25-12-16-31-53(45)60-56)58(40-20-7-4-8-21-40)47-27-14-9-22-42(47)43-23-10-15-28-48(43)58/h3-27,29-37,48H,28H2,1-2H3. The van der Waals surface area contributed by atoms with Crippen molar-refractivity contribution in [2.75, 3.05) is 4.90 Å². The zero-order valence-corrected chi connectivity index (χ0v) is 33.8. The Morgan fingerprint density at radius 2 is 1.20 bits per heavy atom. The zero-order chi connectivity index (χ0) is 40.0. The molecule has 12 rings (SSSR count). The van der Waals surface area contributed by atoms with Gasteiger partial charge in [0.15, 0.2) is 0 Å². The van der Waals surface area contributed by atoms with Crippen LogP contribution in [0, 0.1) is 5.92 Å². The van der Waals surface area contributed by atoms with Crippen molar-refractivity contribution in [1.82, 2.24) is 0 Å². The number of nitrogens with zero attached hydrogens (tertiary/aromatic N) is 1. The summed E-state index contributed by atoms with van der Waals surface area (Å²) in [6, 6.07) is 69.3. The molecule has 1 aromatic heterocycles. The summed E-state index contributed by atoms with van der Waals surface area (Å²) in [4.78, 5) is 2.51. The lowest BCUT2D eigenvalue weighted by atomic mass is 9.63. The van der Waals surface area contributed by atoms with E-state index in [2.05, 4.69) is 225 Å². The molecule has 0 saturated carbocycles. The highest BCUT2D eigenvalue weighted by atomic mass is 16.3. The third kappa shape index (κ3) is 4.82. The zero-order valence-electron chi connectivity index (χ0n) is 33.8. The average molecular weight is 770 g/mol. The molecule has 2 nitrogen and oxygen atoms in total. The van der Waals surface area contributed by atoms with Gasteiger partial charge in [-0.3, -0.25) is 0 Å². The highest BCUT2D eigenvalue weighted by Crippen LogP contribution is 2.62. The molecular formula is C58H43NO. The van der Waals surface area contributed by atoms with Gasteiger partial charge in [-0.25, -0.2) is 0 Å². The van der Waals surface area contributed by atoms with Crippen molar-refractivity contribution >= 4 is 44.6 Å². The fourth-order valence-corrected chi connectivity index (χ4v) is 11.2. The quantitative estimate of drug-likeness (QED) is 0.167. The van der Waals surface area contributed by atoms with Crippen LogP contribution in [0.5, 0.6) is 0 Å². The van der Waals surface area contributed by atoms with Crippen LogP contribution in [0.3, 0.4) is 0 Å². The van der Waals surface area contributed by atoms with E-state index in [4.69, 9.17) is 4.42 Å². The number of furan rings is 1. The molecule has 9 aromatic rings. The Bertz CT molecular complexity index is 3200. The Kier molecular flexibility index (Phi) is 7.65. The topological polar surface area (TPSA) is 16.4 Å². The minimum absolute atomic E-state index is 0.149. The Morgan fingerprint density at radius 3 is 2.02 bits per heavy atom. The van der Waals surface area contributed by atoms with Crippen LogP contribution in [0.1, 0.15) is 53.6 Å². The number of allylic oxidation sites excluding steroid dienone is 4. The first-order valence-corrected chi connectivity index (χ1v) is 21.2.